The molecule has 0 atom stereocenters. The number of carbonyl (C=O) groups is 1. The molecule has 0 aromatic carbocycles. The number of nitrogens with zero attached hydrogens (tertiary/aromatic N) is 3. The van der Waals surface area contributed by atoms with Crippen molar-refractivity contribution in [3.63, 3.8) is 0 Å². The second-order valence-corrected chi connectivity index (χ2v) is 3.95. The van der Waals surface area contributed by atoms with Crippen LogP contribution in [0.2, 0.25) is 0 Å². The van der Waals surface area contributed by atoms with Gasteiger partial charge in [0.25, 0.3) is 5.91 Å². The molecule has 2 aromatic heterocycles. The molecule has 0 spiro atoms. The Labute approximate surface area is 110 Å². The third-order valence-electron chi connectivity index (χ3n) is 2.36. The first-order chi connectivity index (χ1) is 9.19. The van der Waals surface area contributed by atoms with E-state index < -0.39 is 0 Å². The molecule has 0 bridgehead atoms. The van der Waals surface area contributed by atoms with Crippen molar-refractivity contribution >= 4 is 11.7 Å². The highest BCUT2D eigenvalue weighted by atomic mass is 16.5. The van der Waals surface area contributed by atoms with Gasteiger partial charge in [0.2, 0.25) is 0 Å². The fourth-order valence-corrected chi connectivity index (χ4v) is 1.48. The molecule has 2 heterocycles. The molecule has 7 heteroatoms. The van der Waals surface area contributed by atoms with Crippen LogP contribution in [-0.2, 0) is 6.54 Å². The Morgan fingerprint density at radius 1 is 1.37 bits per heavy atom. The maximum atomic E-state index is 11.5. The van der Waals surface area contributed by atoms with E-state index in [0.717, 1.165) is 5.69 Å². The van der Waals surface area contributed by atoms with Gasteiger partial charge in [0.1, 0.15) is 5.82 Å². The van der Waals surface area contributed by atoms with Gasteiger partial charge in [0, 0.05) is 12.6 Å². The number of hydrogen-bond donors (Lipinski definition) is 2. The first-order valence-electron chi connectivity index (χ1n) is 5.97. The van der Waals surface area contributed by atoms with Gasteiger partial charge in [-0.1, -0.05) is 5.16 Å². The molecule has 2 aromatic rings. The molecule has 7 nitrogen and oxygen atoms in total. The van der Waals surface area contributed by atoms with Crippen molar-refractivity contribution in [2.24, 2.45) is 0 Å². The van der Waals surface area contributed by atoms with Gasteiger partial charge in [0.15, 0.2) is 11.5 Å². The van der Waals surface area contributed by atoms with Crippen LogP contribution in [0.15, 0.2) is 22.7 Å². The van der Waals surface area contributed by atoms with Gasteiger partial charge in [0.05, 0.1) is 12.2 Å². The number of nitrogens with one attached hydrogen (secondary N) is 2. The van der Waals surface area contributed by atoms with E-state index in [1.54, 1.807) is 12.1 Å². The summed E-state index contributed by atoms with van der Waals surface area (Å²) in [5, 5.41) is 17.2. The monoisotopic (exact) mass is 261 g/mol. The minimum atomic E-state index is -0.229. The van der Waals surface area contributed by atoms with E-state index in [1.807, 2.05) is 19.9 Å². The van der Waals surface area contributed by atoms with Gasteiger partial charge in [-0.2, -0.15) is 0 Å². The average molecular weight is 261 g/mol. The lowest BCUT2D eigenvalue weighted by molar-refractivity contribution is 0.0950. The Hall–Kier alpha value is -2.44. The molecule has 100 valence electrons. The second kappa shape index (κ2) is 5.94. The number of hydrogen-bond acceptors (Lipinski definition) is 6. The van der Waals surface area contributed by atoms with Crippen molar-refractivity contribution in [3.8, 4) is 0 Å². The van der Waals surface area contributed by atoms with Crippen molar-refractivity contribution < 1.29 is 9.32 Å². The summed E-state index contributed by atoms with van der Waals surface area (Å²) in [6.45, 7) is 4.73. The van der Waals surface area contributed by atoms with E-state index in [2.05, 4.69) is 26.0 Å². The Morgan fingerprint density at radius 3 is 2.79 bits per heavy atom. The van der Waals surface area contributed by atoms with E-state index in [4.69, 9.17) is 4.52 Å². The quantitative estimate of drug-likeness (QED) is 0.838. The zero-order valence-electron chi connectivity index (χ0n) is 10.8. The van der Waals surface area contributed by atoms with Crippen LogP contribution >= 0.6 is 0 Å². The molecule has 19 heavy (non-hydrogen) atoms. The fraction of sp³-hybridized carbons (Fsp3) is 0.333. The van der Waals surface area contributed by atoms with Crippen molar-refractivity contribution in [1.29, 1.82) is 0 Å². The van der Waals surface area contributed by atoms with Crippen LogP contribution in [0.4, 0.5) is 5.82 Å². The van der Waals surface area contributed by atoms with Crippen molar-refractivity contribution in [3.05, 3.63) is 35.3 Å². The highest BCUT2D eigenvalue weighted by molar-refractivity contribution is 5.92. The predicted octanol–water partition coefficient (Wildman–Crippen LogP) is 1.13. The third-order valence-corrected chi connectivity index (χ3v) is 2.36. The van der Waals surface area contributed by atoms with Crippen LogP contribution < -0.4 is 10.6 Å². The SMILES string of the molecule is CCNC(=O)c1ccc(NCc2cc(C)no2)nn1. The topological polar surface area (TPSA) is 92.9 Å². The van der Waals surface area contributed by atoms with E-state index in [0.29, 0.717) is 30.4 Å². The zero-order chi connectivity index (χ0) is 13.7. The molecule has 0 aliphatic heterocycles. The molecule has 0 radical (unpaired) electrons. The molecule has 0 fully saturated rings. The predicted molar refractivity (Wildman–Crippen MR) is 68.6 cm³/mol. The largest absolute Gasteiger partial charge is 0.361 e. The summed E-state index contributed by atoms with van der Waals surface area (Å²) in [5.74, 6) is 1.06. The third kappa shape index (κ3) is 3.51. The molecule has 0 saturated heterocycles. The Balaban J connectivity index is 1.93. The van der Waals surface area contributed by atoms with Crippen LogP contribution in [0.25, 0.3) is 0 Å². The number of rotatable bonds is 5. The standard InChI is InChI=1S/C12H15N5O2/c1-3-13-12(18)10-4-5-11(16-15-10)14-7-9-6-8(2)17-19-9/h4-6H,3,7H2,1-2H3,(H,13,18)(H,14,16). The number of aromatic nitrogens is 3. The van der Waals surface area contributed by atoms with E-state index in [9.17, 15) is 4.79 Å². The minimum Gasteiger partial charge on any atom is -0.361 e. The number of carbonyl (C=O) groups excluding carboxylic acids is 1. The van der Waals surface area contributed by atoms with Crippen LogP contribution in [0.3, 0.4) is 0 Å². The summed E-state index contributed by atoms with van der Waals surface area (Å²) in [5.41, 5.74) is 1.12. The van der Waals surface area contributed by atoms with Crippen molar-refractivity contribution in [2.75, 3.05) is 11.9 Å². The number of aryl methyl sites for hydroxylation is 1. The van der Waals surface area contributed by atoms with E-state index in [-0.39, 0.29) is 5.91 Å². The average Bonchev–Trinajstić information content (AvgIpc) is 2.83. The van der Waals surface area contributed by atoms with Gasteiger partial charge >= 0.3 is 0 Å². The first-order valence-corrected chi connectivity index (χ1v) is 5.97. The molecule has 0 aliphatic carbocycles. The normalized spacial score (nSPS) is 10.2. The van der Waals surface area contributed by atoms with Crippen LogP contribution in [-0.4, -0.2) is 27.8 Å². The van der Waals surface area contributed by atoms with Gasteiger partial charge < -0.3 is 15.2 Å². The molecule has 2 N–H and O–H groups in total. The summed E-state index contributed by atoms with van der Waals surface area (Å²) in [6, 6.07) is 5.15. The number of amides is 1. The van der Waals surface area contributed by atoms with Gasteiger partial charge in [-0.15, -0.1) is 10.2 Å². The lowest BCUT2D eigenvalue weighted by Gasteiger charge is -2.03. The van der Waals surface area contributed by atoms with Gasteiger partial charge in [-0.3, -0.25) is 4.79 Å². The summed E-state index contributed by atoms with van der Waals surface area (Å²) >= 11 is 0. The van der Waals surface area contributed by atoms with Gasteiger partial charge in [-0.25, -0.2) is 0 Å². The van der Waals surface area contributed by atoms with E-state index in [1.165, 1.54) is 0 Å². The molecule has 0 saturated carbocycles. The first kappa shape index (κ1) is 13.0. The lowest BCUT2D eigenvalue weighted by atomic mass is 10.3. The summed E-state index contributed by atoms with van der Waals surface area (Å²) in [4.78, 5) is 11.5. The summed E-state index contributed by atoms with van der Waals surface area (Å²) in [7, 11) is 0. The Bertz CT molecular complexity index is 550. The molecular formula is C12H15N5O2. The smallest absolute Gasteiger partial charge is 0.271 e. The second-order valence-electron chi connectivity index (χ2n) is 3.95. The lowest BCUT2D eigenvalue weighted by Crippen LogP contribution is -2.24. The molecule has 1 amide bonds. The number of anilines is 1. The fourth-order valence-electron chi connectivity index (χ4n) is 1.48. The van der Waals surface area contributed by atoms with Gasteiger partial charge in [-0.05, 0) is 26.0 Å². The molecular weight excluding hydrogens is 246 g/mol. The molecule has 0 unspecified atom stereocenters. The maximum absolute atomic E-state index is 11.5. The molecule has 2 rings (SSSR count). The zero-order valence-corrected chi connectivity index (χ0v) is 10.8. The van der Waals surface area contributed by atoms with Crippen LogP contribution in [0.1, 0.15) is 28.9 Å². The van der Waals surface area contributed by atoms with Crippen LogP contribution in [0, 0.1) is 6.92 Å². The Kier molecular flexibility index (Phi) is 4.07. The maximum Gasteiger partial charge on any atom is 0.271 e. The van der Waals surface area contributed by atoms with E-state index >= 15 is 0 Å². The highest BCUT2D eigenvalue weighted by Gasteiger charge is 2.07. The van der Waals surface area contributed by atoms with Crippen LogP contribution in [0.5, 0.6) is 0 Å². The highest BCUT2D eigenvalue weighted by Crippen LogP contribution is 2.07. The summed E-state index contributed by atoms with van der Waals surface area (Å²) < 4.78 is 5.06. The summed E-state index contributed by atoms with van der Waals surface area (Å²) in [6.07, 6.45) is 0. The van der Waals surface area contributed by atoms with Crippen molar-refractivity contribution in [1.82, 2.24) is 20.7 Å². The minimum absolute atomic E-state index is 0.229. The Morgan fingerprint density at radius 2 is 2.21 bits per heavy atom. The van der Waals surface area contributed by atoms with Crippen molar-refractivity contribution in [2.45, 2.75) is 20.4 Å². The molecule has 0 aliphatic rings.